The maximum Gasteiger partial charge on any atom is 0.318 e. The molecule has 6 nitrogen and oxygen atoms in total. The highest BCUT2D eigenvalue weighted by atomic mass is 35.5. The normalized spacial score (nSPS) is 11.5. The van der Waals surface area contributed by atoms with E-state index >= 15 is 0 Å². The van der Waals surface area contributed by atoms with Gasteiger partial charge in [-0.25, -0.2) is 8.42 Å². The number of benzene rings is 2. The molecule has 0 heterocycles. The van der Waals surface area contributed by atoms with E-state index < -0.39 is 22.5 Å². The predicted molar refractivity (Wildman–Crippen MR) is 89.7 cm³/mol. The van der Waals surface area contributed by atoms with Crippen LogP contribution in [0, 0.1) is 0 Å². The van der Waals surface area contributed by atoms with Crippen LogP contribution in [0.3, 0.4) is 0 Å². The van der Waals surface area contributed by atoms with E-state index in [2.05, 4.69) is 0 Å². The molecule has 0 fully saturated rings. The second-order valence-electron chi connectivity index (χ2n) is 4.95. The fourth-order valence-electron chi connectivity index (χ4n) is 2.12. The number of nitrogens with zero attached hydrogens (tertiary/aromatic N) is 1. The highest BCUT2D eigenvalue weighted by Gasteiger charge is 2.27. The fraction of sp³-hybridized carbons (Fsp3) is 0.188. The molecule has 8 heteroatoms. The summed E-state index contributed by atoms with van der Waals surface area (Å²) in [7, 11) is -2.61. The molecule has 1 N–H and O–H groups in total. The van der Waals surface area contributed by atoms with Crippen LogP contribution in [0.2, 0.25) is 5.02 Å². The van der Waals surface area contributed by atoms with Gasteiger partial charge in [-0.1, -0.05) is 41.9 Å². The Morgan fingerprint density at radius 2 is 1.88 bits per heavy atom. The van der Waals surface area contributed by atoms with Gasteiger partial charge >= 0.3 is 5.97 Å². The summed E-state index contributed by atoms with van der Waals surface area (Å²) >= 11 is 5.98. The molecule has 0 amide bonds. The number of carboxylic acid groups (broad SMARTS) is 1. The zero-order valence-corrected chi connectivity index (χ0v) is 14.4. The third-order valence-corrected chi connectivity index (χ3v) is 5.36. The summed E-state index contributed by atoms with van der Waals surface area (Å²) in [5.74, 6) is -0.905. The zero-order valence-electron chi connectivity index (χ0n) is 12.8. The molecule has 2 rings (SSSR count). The van der Waals surface area contributed by atoms with Gasteiger partial charge in [-0.05, 0) is 23.8 Å². The number of hydrogen-bond donors (Lipinski definition) is 1. The topological polar surface area (TPSA) is 83.9 Å². The van der Waals surface area contributed by atoms with Crippen molar-refractivity contribution in [2.24, 2.45) is 0 Å². The van der Waals surface area contributed by atoms with Crippen molar-refractivity contribution in [3.05, 3.63) is 59.1 Å². The monoisotopic (exact) mass is 369 g/mol. The van der Waals surface area contributed by atoms with Crippen LogP contribution in [0.4, 0.5) is 0 Å². The van der Waals surface area contributed by atoms with Crippen molar-refractivity contribution in [1.82, 2.24) is 4.31 Å². The van der Waals surface area contributed by atoms with Crippen LogP contribution in [-0.4, -0.2) is 37.5 Å². The summed E-state index contributed by atoms with van der Waals surface area (Å²) < 4.78 is 31.5. The van der Waals surface area contributed by atoms with Crippen molar-refractivity contribution in [2.75, 3.05) is 13.7 Å². The predicted octanol–water partition coefficient (Wildman–Crippen LogP) is 2.62. The highest BCUT2D eigenvalue weighted by molar-refractivity contribution is 7.89. The average Bonchev–Trinajstić information content (AvgIpc) is 2.54. The molecule has 0 aliphatic carbocycles. The van der Waals surface area contributed by atoms with Gasteiger partial charge in [0.15, 0.2) is 0 Å². The van der Waals surface area contributed by atoms with Crippen LogP contribution >= 0.6 is 11.6 Å². The average molecular weight is 370 g/mol. The van der Waals surface area contributed by atoms with E-state index in [0.717, 1.165) is 4.31 Å². The summed E-state index contributed by atoms with van der Waals surface area (Å²) in [5.41, 5.74) is 0.682. The Morgan fingerprint density at radius 3 is 2.42 bits per heavy atom. The number of carboxylic acids is 1. The first-order chi connectivity index (χ1) is 11.3. The molecular weight excluding hydrogens is 354 g/mol. The molecule has 0 spiro atoms. The van der Waals surface area contributed by atoms with E-state index in [1.54, 1.807) is 30.3 Å². The number of aliphatic carboxylic acids is 1. The van der Waals surface area contributed by atoms with Crippen molar-refractivity contribution >= 4 is 27.6 Å². The minimum absolute atomic E-state index is 0.0564. The van der Waals surface area contributed by atoms with E-state index in [1.165, 1.54) is 25.3 Å². The molecule has 2 aromatic carbocycles. The van der Waals surface area contributed by atoms with Gasteiger partial charge in [-0.15, -0.1) is 0 Å². The van der Waals surface area contributed by atoms with Crippen LogP contribution in [-0.2, 0) is 21.4 Å². The van der Waals surface area contributed by atoms with Crippen LogP contribution in [0.15, 0.2) is 53.4 Å². The first kappa shape index (κ1) is 18.3. The van der Waals surface area contributed by atoms with Gasteiger partial charge in [0, 0.05) is 6.54 Å². The largest absolute Gasteiger partial charge is 0.495 e. The van der Waals surface area contributed by atoms with Crippen molar-refractivity contribution in [2.45, 2.75) is 11.4 Å². The molecular formula is C16H16ClNO5S. The lowest BCUT2D eigenvalue weighted by atomic mass is 10.2. The van der Waals surface area contributed by atoms with Gasteiger partial charge in [0.1, 0.15) is 12.3 Å². The quantitative estimate of drug-likeness (QED) is 0.811. The van der Waals surface area contributed by atoms with Crippen LogP contribution in [0.25, 0.3) is 0 Å². The SMILES string of the molecule is COc1ccc(S(=O)(=O)N(CC(=O)O)Cc2ccccc2)cc1Cl. The number of halogens is 1. The summed E-state index contributed by atoms with van der Waals surface area (Å²) in [6.07, 6.45) is 0. The van der Waals surface area contributed by atoms with Crippen LogP contribution in [0.5, 0.6) is 5.75 Å². The molecule has 24 heavy (non-hydrogen) atoms. The van der Waals surface area contributed by atoms with Gasteiger partial charge < -0.3 is 9.84 Å². The second kappa shape index (κ2) is 7.65. The zero-order chi connectivity index (χ0) is 17.7. The Kier molecular flexibility index (Phi) is 5.82. The second-order valence-corrected chi connectivity index (χ2v) is 7.29. The lowest BCUT2D eigenvalue weighted by Crippen LogP contribution is -2.35. The summed E-state index contributed by atoms with van der Waals surface area (Å²) in [5, 5.41) is 9.19. The third-order valence-electron chi connectivity index (χ3n) is 3.27. The maximum atomic E-state index is 12.8. The van der Waals surface area contributed by atoms with E-state index in [9.17, 15) is 13.2 Å². The minimum Gasteiger partial charge on any atom is -0.495 e. The molecule has 128 valence electrons. The molecule has 0 saturated carbocycles. The molecule has 0 radical (unpaired) electrons. The lowest BCUT2D eigenvalue weighted by Gasteiger charge is -2.21. The maximum absolute atomic E-state index is 12.8. The van der Waals surface area contributed by atoms with Crippen molar-refractivity contribution < 1.29 is 23.1 Å². The van der Waals surface area contributed by atoms with Crippen LogP contribution in [0.1, 0.15) is 5.56 Å². The highest BCUT2D eigenvalue weighted by Crippen LogP contribution is 2.28. The van der Waals surface area contributed by atoms with Gasteiger partial charge in [0.25, 0.3) is 0 Å². The lowest BCUT2D eigenvalue weighted by molar-refractivity contribution is -0.137. The first-order valence-electron chi connectivity index (χ1n) is 6.94. The first-order valence-corrected chi connectivity index (χ1v) is 8.76. The number of rotatable bonds is 7. The summed E-state index contributed by atoms with van der Waals surface area (Å²) in [6.45, 7) is -0.708. The van der Waals surface area contributed by atoms with Crippen LogP contribution < -0.4 is 4.74 Å². The van der Waals surface area contributed by atoms with Gasteiger partial charge in [-0.2, -0.15) is 4.31 Å². The molecule has 2 aromatic rings. The molecule has 0 aliphatic heterocycles. The standard InChI is InChI=1S/C16H16ClNO5S/c1-23-15-8-7-13(9-14(15)17)24(21,22)18(11-16(19)20)10-12-5-3-2-4-6-12/h2-9H,10-11H2,1H3,(H,19,20). The summed E-state index contributed by atoms with van der Waals surface area (Å²) in [4.78, 5) is 11.0. The Morgan fingerprint density at radius 1 is 1.21 bits per heavy atom. The molecule has 0 bridgehead atoms. The molecule has 0 saturated heterocycles. The van der Waals surface area contributed by atoms with Crippen molar-refractivity contribution in [3.8, 4) is 5.75 Å². The summed E-state index contributed by atoms with van der Waals surface area (Å²) in [6, 6.07) is 12.8. The minimum atomic E-state index is -4.03. The van der Waals surface area contributed by atoms with E-state index in [4.69, 9.17) is 21.4 Å². The Hall–Kier alpha value is -2.09. The number of methoxy groups -OCH3 is 1. The number of ether oxygens (including phenoxy) is 1. The Balaban J connectivity index is 2.39. The van der Waals surface area contributed by atoms with E-state index in [1.807, 2.05) is 0 Å². The van der Waals surface area contributed by atoms with Gasteiger partial charge in [0.2, 0.25) is 10.0 Å². The molecule has 0 atom stereocenters. The number of hydrogen-bond acceptors (Lipinski definition) is 4. The number of sulfonamides is 1. The van der Waals surface area contributed by atoms with Crippen molar-refractivity contribution in [1.29, 1.82) is 0 Å². The molecule has 0 unspecified atom stereocenters. The third kappa shape index (κ3) is 4.25. The van der Waals surface area contributed by atoms with Gasteiger partial charge in [-0.3, -0.25) is 4.79 Å². The van der Waals surface area contributed by atoms with E-state index in [0.29, 0.717) is 11.3 Å². The Labute approximate surface area is 145 Å². The fourth-order valence-corrected chi connectivity index (χ4v) is 3.85. The molecule has 0 aliphatic rings. The smallest absolute Gasteiger partial charge is 0.318 e. The van der Waals surface area contributed by atoms with Crippen molar-refractivity contribution in [3.63, 3.8) is 0 Å². The van der Waals surface area contributed by atoms with Gasteiger partial charge in [0.05, 0.1) is 17.0 Å². The van der Waals surface area contributed by atoms with E-state index in [-0.39, 0.29) is 16.5 Å². The Bertz CT molecular complexity index is 824. The molecule has 0 aromatic heterocycles. The number of carbonyl (C=O) groups is 1.